The van der Waals surface area contributed by atoms with Crippen molar-refractivity contribution in [2.75, 3.05) is 0 Å². The van der Waals surface area contributed by atoms with Gasteiger partial charge < -0.3 is 4.98 Å². The molecule has 0 spiro atoms. The van der Waals surface area contributed by atoms with Crippen molar-refractivity contribution in [3.8, 4) is 5.69 Å². The third kappa shape index (κ3) is 3.64. The molecule has 160 valence electrons. The Morgan fingerprint density at radius 1 is 1.06 bits per heavy atom. The molecule has 0 aliphatic rings. The fourth-order valence-electron chi connectivity index (χ4n) is 3.53. The number of aromatic nitrogens is 4. The lowest BCUT2D eigenvalue weighted by atomic mass is 10.2. The van der Waals surface area contributed by atoms with E-state index in [1.54, 1.807) is 34.9 Å². The molecule has 0 aliphatic carbocycles. The Hall–Kier alpha value is -2.94. The first-order chi connectivity index (χ1) is 15.4. The average molecular weight is 481 g/mol. The van der Waals surface area contributed by atoms with Gasteiger partial charge in [-0.3, -0.25) is 14.2 Å². The van der Waals surface area contributed by atoms with E-state index in [1.165, 1.54) is 23.1 Å². The number of para-hydroxylation sites is 1. The van der Waals surface area contributed by atoms with Crippen LogP contribution in [0, 0.1) is 13.8 Å². The van der Waals surface area contributed by atoms with E-state index in [1.807, 2.05) is 32.0 Å². The predicted molar refractivity (Wildman–Crippen MR) is 132 cm³/mol. The molecule has 0 amide bonds. The first-order valence-electron chi connectivity index (χ1n) is 9.82. The zero-order chi connectivity index (χ0) is 22.4. The lowest BCUT2D eigenvalue weighted by Gasteiger charge is -2.13. The van der Waals surface area contributed by atoms with Gasteiger partial charge in [-0.1, -0.05) is 35.5 Å². The van der Waals surface area contributed by atoms with Gasteiger partial charge in [0, 0.05) is 9.90 Å². The van der Waals surface area contributed by atoms with Gasteiger partial charge in [-0.15, -0.1) is 11.3 Å². The number of nitrogens with zero attached hydrogens (tertiary/aromatic N) is 3. The summed E-state index contributed by atoms with van der Waals surface area (Å²) in [5.74, 6) is 0.901. The maximum Gasteiger partial charge on any atom is 0.266 e. The van der Waals surface area contributed by atoms with E-state index >= 15 is 0 Å². The van der Waals surface area contributed by atoms with Gasteiger partial charge in [-0.25, -0.2) is 9.97 Å². The molecule has 0 atom stereocenters. The number of nitrogens with one attached hydrogen (secondary N) is 1. The normalized spacial score (nSPS) is 11.5. The molecule has 0 saturated carbocycles. The number of fused-ring (bicyclic) bond motifs is 2. The molecule has 0 unspecified atom stereocenters. The van der Waals surface area contributed by atoms with Crippen molar-refractivity contribution in [2.24, 2.45) is 0 Å². The topological polar surface area (TPSA) is 80.6 Å². The molecule has 0 bridgehead atoms. The minimum Gasteiger partial charge on any atom is -0.309 e. The number of hydrogen-bond acceptors (Lipinski definition) is 6. The summed E-state index contributed by atoms with van der Waals surface area (Å²) in [5.41, 5.74) is 1.94. The molecule has 2 aromatic carbocycles. The number of hydrogen-bond donors (Lipinski definition) is 1. The molecule has 5 aromatic rings. The van der Waals surface area contributed by atoms with Crippen molar-refractivity contribution in [3.05, 3.63) is 90.5 Å². The number of halogens is 1. The monoisotopic (exact) mass is 480 g/mol. The van der Waals surface area contributed by atoms with Crippen molar-refractivity contribution in [2.45, 2.75) is 24.8 Å². The molecule has 1 N–H and O–H groups in total. The lowest BCUT2D eigenvalue weighted by Crippen LogP contribution is -2.21. The van der Waals surface area contributed by atoms with Crippen molar-refractivity contribution in [3.63, 3.8) is 0 Å². The number of aryl methyl sites for hydroxylation is 2. The van der Waals surface area contributed by atoms with E-state index in [-0.39, 0.29) is 11.1 Å². The van der Waals surface area contributed by atoms with Gasteiger partial charge in [0.15, 0.2) is 5.16 Å². The lowest BCUT2D eigenvalue weighted by molar-refractivity contribution is 0.818. The summed E-state index contributed by atoms with van der Waals surface area (Å²) in [7, 11) is 0. The Kier molecular flexibility index (Phi) is 5.36. The molecule has 0 saturated heterocycles. The van der Waals surface area contributed by atoms with E-state index in [0.717, 1.165) is 15.3 Å². The molecular weight excluding hydrogens is 464 g/mol. The van der Waals surface area contributed by atoms with E-state index < -0.39 is 0 Å². The van der Waals surface area contributed by atoms with Gasteiger partial charge in [-0.2, -0.15) is 0 Å². The molecule has 3 aromatic heterocycles. The van der Waals surface area contributed by atoms with Gasteiger partial charge in [0.05, 0.1) is 27.7 Å². The third-order valence-corrected chi connectivity index (χ3v) is 7.56. The molecule has 0 aliphatic heterocycles. The van der Waals surface area contributed by atoms with Gasteiger partial charge in [-0.05, 0) is 55.8 Å². The molecular formula is C23H17ClN4O2S2. The Morgan fingerprint density at radius 2 is 1.81 bits per heavy atom. The second-order valence-corrected chi connectivity index (χ2v) is 9.88. The van der Waals surface area contributed by atoms with Crippen molar-refractivity contribution in [1.82, 2.24) is 19.5 Å². The highest BCUT2D eigenvalue weighted by Gasteiger charge is 2.16. The molecule has 9 heteroatoms. The van der Waals surface area contributed by atoms with Crippen molar-refractivity contribution in [1.29, 1.82) is 0 Å². The van der Waals surface area contributed by atoms with Crippen LogP contribution in [0.2, 0.25) is 5.02 Å². The van der Waals surface area contributed by atoms with Crippen LogP contribution in [0.25, 0.3) is 26.8 Å². The average Bonchev–Trinajstić information content (AvgIpc) is 3.07. The van der Waals surface area contributed by atoms with Crippen LogP contribution in [0.15, 0.2) is 63.3 Å². The highest BCUT2D eigenvalue weighted by molar-refractivity contribution is 7.98. The SMILES string of the molecule is Cc1sc2nc(CSc3nc4ccccc4c(=O)n3-c3ccc(Cl)cc3)[nH]c(=O)c2c1C. The van der Waals surface area contributed by atoms with Gasteiger partial charge in [0.1, 0.15) is 10.7 Å². The minimum absolute atomic E-state index is 0.144. The third-order valence-electron chi connectivity index (χ3n) is 5.26. The Labute approximate surface area is 195 Å². The summed E-state index contributed by atoms with van der Waals surface area (Å²) in [4.78, 5) is 40.0. The smallest absolute Gasteiger partial charge is 0.266 e. The van der Waals surface area contributed by atoms with Crippen molar-refractivity contribution >= 4 is 55.8 Å². The Bertz CT molecular complexity index is 1600. The molecule has 0 radical (unpaired) electrons. The number of thiophene rings is 1. The number of thioether (sulfide) groups is 1. The van der Waals surface area contributed by atoms with Crippen LogP contribution in [-0.4, -0.2) is 19.5 Å². The fraction of sp³-hybridized carbons (Fsp3) is 0.130. The molecule has 32 heavy (non-hydrogen) atoms. The summed E-state index contributed by atoms with van der Waals surface area (Å²) >= 11 is 8.90. The summed E-state index contributed by atoms with van der Waals surface area (Å²) in [6, 6.07) is 14.3. The van der Waals surface area contributed by atoms with Gasteiger partial charge in [0.25, 0.3) is 11.1 Å². The zero-order valence-corrected chi connectivity index (χ0v) is 19.6. The quantitative estimate of drug-likeness (QED) is 0.281. The van der Waals surface area contributed by atoms with E-state index in [9.17, 15) is 9.59 Å². The molecule has 0 fully saturated rings. The number of H-pyrrole nitrogens is 1. The molecule has 3 heterocycles. The highest BCUT2D eigenvalue weighted by atomic mass is 35.5. The summed E-state index contributed by atoms with van der Waals surface area (Å²) < 4.78 is 1.57. The standard InChI is InChI=1S/C23H17ClN4O2S2/c1-12-13(2)32-21-19(12)20(29)26-18(27-21)11-31-23-25-17-6-4-3-5-16(17)22(30)28(23)15-9-7-14(24)8-10-15/h3-10H,11H2,1-2H3,(H,26,27,29). The largest absolute Gasteiger partial charge is 0.309 e. The summed E-state index contributed by atoms with van der Waals surface area (Å²) in [5, 5.41) is 2.27. The van der Waals surface area contributed by atoms with Gasteiger partial charge >= 0.3 is 0 Å². The zero-order valence-electron chi connectivity index (χ0n) is 17.2. The number of aromatic amines is 1. The minimum atomic E-state index is -0.165. The van der Waals surface area contributed by atoms with E-state index in [4.69, 9.17) is 16.6 Å². The number of rotatable bonds is 4. The second kappa shape index (κ2) is 8.20. The van der Waals surface area contributed by atoms with Crippen LogP contribution in [0.3, 0.4) is 0 Å². The Balaban J connectivity index is 1.60. The summed E-state index contributed by atoms with van der Waals surface area (Å²) in [6.45, 7) is 3.92. The van der Waals surface area contributed by atoms with E-state index in [0.29, 0.717) is 43.7 Å². The maximum atomic E-state index is 13.3. The van der Waals surface area contributed by atoms with Crippen LogP contribution in [0.4, 0.5) is 0 Å². The predicted octanol–water partition coefficient (Wildman–Crippen LogP) is 5.25. The number of benzene rings is 2. The molecule has 5 rings (SSSR count). The first kappa shape index (κ1) is 20.9. The van der Waals surface area contributed by atoms with E-state index in [2.05, 4.69) is 9.97 Å². The maximum absolute atomic E-state index is 13.3. The van der Waals surface area contributed by atoms with Crippen molar-refractivity contribution < 1.29 is 0 Å². The van der Waals surface area contributed by atoms with Crippen LogP contribution in [0.5, 0.6) is 0 Å². The molecule has 6 nitrogen and oxygen atoms in total. The Morgan fingerprint density at radius 3 is 2.59 bits per heavy atom. The van der Waals surface area contributed by atoms with Crippen LogP contribution >= 0.6 is 34.7 Å². The van der Waals surface area contributed by atoms with Gasteiger partial charge in [0.2, 0.25) is 0 Å². The van der Waals surface area contributed by atoms with Crippen LogP contribution in [-0.2, 0) is 5.75 Å². The first-order valence-corrected chi connectivity index (χ1v) is 12.0. The fourth-order valence-corrected chi connectivity index (χ4v) is 5.59. The van der Waals surface area contributed by atoms with Crippen LogP contribution < -0.4 is 11.1 Å². The highest BCUT2D eigenvalue weighted by Crippen LogP contribution is 2.28. The summed E-state index contributed by atoms with van der Waals surface area (Å²) in [6.07, 6.45) is 0. The van der Waals surface area contributed by atoms with Crippen LogP contribution in [0.1, 0.15) is 16.3 Å². The second-order valence-electron chi connectivity index (χ2n) is 7.29.